The van der Waals surface area contributed by atoms with E-state index in [1.165, 1.54) is 34.7 Å². The van der Waals surface area contributed by atoms with E-state index in [-0.39, 0.29) is 5.57 Å². The lowest BCUT2D eigenvalue weighted by Gasteiger charge is -2.14. The fourth-order valence-corrected chi connectivity index (χ4v) is 0.795. The molecule has 5 nitrogen and oxygen atoms in total. The zero-order valence-electron chi connectivity index (χ0n) is 8.20. The molecule has 13 heavy (non-hydrogen) atoms. The molecule has 0 atom stereocenters. The van der Waals surface area contributed by atoms with E-state index in [9.17, 15) is 4.79 Å². The second-order valence-corrected chi connectivity index (χ2v) is 2.10. The summed E-state index contributed by atoms with van der Waals surface area (Å²) in [4.78, 5) is 11.1. The molecule has 5 heteroatoms. The molecule has 0 rings (SSSR count). The van der Waals surface area contributed by atoms with Crippen molar-refractivity contribution in [3.8, 4) is 0 Å². The number of rotatable bonds is 5. The van der Waals surface area contributed by atoms with Gasteiger partial charge in [0.05, 0.1) is 20.5 Å². The lowest BCUT2D eigenvalue weighted by atomic mass is 10.3. The molecule has 0 aliphatic rings. The molecule has 0 heterocycles. The average molecular weight is 190 g/mol. The number of hydrogen-bond acceptors (Lipinski definition) is 5. The van der Waals surface area contributed by atoms with Crippen LogP contribution in [-0.2, 0) is 23.7 Å². The van der Waals surface area contributed by atoms with Crippen LogP contribution in [0, 0.1) is 0 Å². The first-order chi connectivity index (χ1) is 6.21. The molecule has 0 aliphatic carbocycles. The fraction of sp³-hybridized carbons (Fsp3) is 0.625. The smallest absolute Gasteiger partial charge is 0.342 e. The van der Waals surface area contributed by atoms with E-state index < -0.39 is 12.3 Å². The first-order valence-corrected chi connectivity index (χ1v) is 3.58. The van der Waals surface area contributed by atoms with Gasteiger partial charge < -0.3 is 18.9 Å². The van der Waals surface area contributed by atoms with Gasteiger partial charge in [-0.1, -0.05) is 0 Å². The Morgan fingerprint density at radius 2 is 1.69 bits per heavy atom. The Morgan fingerprint density at radius 1 is 1.15 bits per heavy atom. The Labute approximate surface area is 77.2 Å². The van der Waals surface area contributed by atoms with Gasteiger partial charge in [-0.05, 0) is 0 Å². The minimum atomic E-state index is -0.771. The van der Waals surface area contributed by atoms with E-state index in [0.717, 1.165) is 0 Å². The maximum absolute atomic E-state index is 11.1. The molecule has 0 aromatic heterocycles. The lowest BCUT2D eigenvalue weighted by molar-refractivity contribution is -0.143. The summed E-state index contributed by atoms with van der Waals surface area (Å²) < 4.78 is 18.9. The Kier molecular flexibility index (Phi) is 5.92. The standard InChI is InChI=1S/C8H14O5/c1-10-5-6(7(9)11-2)8(12-3)13-4/h5,8H,1-4H3/b6-5+. The summed E-state index contributed by atoms with van der Waals surface area (Å²) in [6.45, 7) is 0. The summed E-state index contributed by atoms with van der Waals surface area (Å²) in [7, 11) is 5.53. The van der Waals surface area contributed by atoms with Crippen molar-refractivity contribution in [3.63, 3.8) is 0 Å². The van der Waals surface area contributed by atoms with Crippen LogP contribution in [0.3, 0.4) is 0 Å². The number of esters is 1. The number of carbonyl (C=O) groups excluding carboxylic acids is 1. The molecular formula is C8H14O5. The first-order valence-electron chi connectivity index (χ1n) is 3.58. The molecular weight excluding hydrogens is 176 g/mol. The molecule has 0 aromatic rings. The average Bonchev–Trinajstić information content (AvgIpc) is 2.17. The molecule has 0 aliphatic heterocycles. The Morgan fingerprint density at radius 3 is 2.00 bits per heavy atom. The van der Waals surface area contributed by atoms with Gasteiger partial charge in [-0.25, -0.2) is 4.79 Å². The second kappa shape index (κ2) is 6.45. The van der Waals surface area contributed by atoms with Crippen LogP contribution >= 0.6 is 0 Å². The van der Waals surface area contributed by atoms with Crippen molar-refractivity contribution in [2.75, 3.05) is 28.4 Å². The topological polar surface area (TPSA) is 54.0 Å². The molecule has 0 bridgehead atoms. The normalized spacial score (nSPS) is 11.6. The third-order valence-corrected chi connectivity index (χ3v) is 1.35. The van der Waals surface area contributed by atoms with Crippen LogP contribution < -0.4 is 0 Å². The lowest BCUT2D eigenvalue weighted by Crippen LogP contribution is -2.23. The Bertz CT molecular complexity index is 183. The van der Waals surface area contributed by atoms with Gasteiger partial charge in [-0.2, -0.15) is 0 Å². The van der Waals surface area contributed by atoms with E-state index in [1.807, 2.05) is 0 Å². The number of ether oxygens (including phenoxy) is 4. The third kappa shape index (κ3) is 3.43. The molecule has 0 N–H and O–H groups in total. The largest absolute Gasteiger partial charge is 0.504 e. The van der Waals surface area contributed by atoms with Gasteiger partial charge in [0.15, 0.2) is 6.29 Å². The first kappa shape index (κ1) is 11.9. The van der Waals surface area contributed by atoms with Crippen molar-refractivity contribution >= 4 is 5.97 Å². The van der Waals surface area contributed by atoms with Crippen LogP contribution in [0.5, 0.6) is 0 Å². The highest BCUT2D eigenvalue weighted by molar-refractivity contribution is 5.88. The highest BCUT2D eigenvalue weighted by atomic mass is 16.7. The van der Waals surface area contributed by atoms with Crippen LogP contribution in [0.4, 0.5) is 0 Å². The predicted octanol–water partition coefficient (Wildman–Crippen LogP) is 0.309. The van der Waals surface area contributed by atoms with Crippen LogP contribution in [0.1, 0.15) is 0 Å². The van der Waals surface area contributed by atoms with Gasteiger partial charge in [0.25, 0.3) is 0 Å². The molecule has 0 amide bonds. The van der Waals surface area contributed by atoms with Crippen molar-refractivity contribution in [2.24, 2.45) is 0 Å². The van der Waals surface area contributed by atoms with Gasteiger partial charge in [-0.3, -0.25) is 0 Å². The monoisotopic (exact) mass is 190 g/mol. The minimum absolute atomic E-state index is 0.176. The van der Waals surface area contributed by atoms with Gasteiger partial charge in [0.1, 0.15) is 5.57 Å². The molecule has 0 spiro atoms. The molecule has 0 aromatic carbocycles. The van der Waals surface area contributed by atoms with E-state index >= 15 is 0 Å². The maximum Gasteiger partial charge on any atom is 0.342 e. The fourth-order valence-electron chi connectivity index (χ4n) is 0.795. The minimum Gasteiger partial charge on any atom is -0.504 e. The zero-order chi connectivity index (χ0) is 10.3. The van der Waals surface area contributed by atoms with Crippen molar-refractivity contribution in [1.29, 1.82) is 0 Å². The Hall–Kier alpha value is -1.07. The van der Waals surface area contributed by atoms with Gasteiger partial charge >= 0.3 is 5.97 Å². The highest BCUT2D eigenvalue weighted by Gasteiger charge is 2.21. The summed E-state index contributed by atoms with van der Waals surface area (Å²) in [6.07, 6.45) is 0.455. The summed E-state index contributed by atoms with van der Waals surface area (Å²) >= 11 is 0. The molecule has 0 saturated heterocycles. The van der Waals surface area contributed by atoms with Gasteiger partial charge in [0, 0.05) is 14.2 Å². The summed E-state index contributed by atoms with van der Waals surface area (Å²) in [5.41, 5.74) is 0.176. The van der Waals surface area contributed by atoms with Crippen molar-refractivity contribution < 1.29 is 23.7 Å². The quantitative estimate of drug-likeness (QED) is 0.270. The number of hydrogen-bond donors (Lipinski definition) is 0. The molecule has 0 radical (unpaired) electrons. The van der Waals surface area contributed by atoms with Crippen molar-refractivity contribution in [1.82, 2.24) is 0 Å². The van der Waals surface area contributed by atoms with Crippen LogP contribution in [0.2, 0.25) is 0 Å². The third-order valence-electron chi connectivity index (χ3n) is 1.35. The molecule has 0 saturated carbocycles. The van der Waals surface area contributed by atoms with E-state index in [2.05, 4.69) is 9.47 Å². The predicted molar refractivity (Wildman–Crippen MR) is 44.9 cm³/mol. The van der Waals surface area contributed by atoms with Crippen LogP contribution in [-0.4, -0.2) is 40.7 Å². The SMILES string of the molecule is CO/C=C(\C(=O)OC)C(OC)OC. The summed E-state index contributed by atoms with van der Waals surface area (Å²) in [6, 6.07) is 0. The zero-order valence-corrected chi connectivity index (χ0v) is 8.20. The van der Waals surface area contributed by atoms with E-state index in [0.29, 0.717) is 0 Å². The van der Waals surface area contributed by atoms with E-state index in [4.69, 9.17) is 9.47 Å². The van der Waals surface area contributed by atoms with Crippen molar-refractivity contribution in [3.05, 3.63) is 11.8 Å². The number of methoxy groups -OCH3 is 4. The number of carbonyl (C=O) groups is 1. The Balaban J connectivity index is 4.58. The van der Waals surface area contributed by atoms with E-state index in [1.54, 1.807) is 0 Å². The molecule has 0 unspecified atom stereocenters. The van der Waals surface area contributed by atoms with Crippen LogP contribution in [0.25, 0.3) is 0 Å². The van der Waals surface area contributed by atoms with Gasteiger partial charge in [-0.15, -0.1) is 0 Å². The van der Waals surface area contributed by atoms with Crippen molar-refractivity contribution in [2.45, 2.75) is 6.29 Å². The maximum atomic E-state index is 11.1. The molecule has 76 valence electrons. The van der Waals surface area contributed by atoms with Gasteiger partial charge in [0.2, 0.25) is 0 Å². The second-order valence-electron chi connectivity index (χ2n) is 2.10. The van der Waals surface area contributed by atoms with Crippen LogP contribution in [0.15, 0.2) is 11.8 Å². The molecule has 0 fully saturated rings. The highest BCUT2D eigenvalue weighted by Crippen LogP contribution is 2.08. The summed E-state index contributed by atoms with van der Waals surface area (Å²) in [5, 5.41) is 0. The summed E-state index contributed by atoms with van der Waals surface area (Å²) in [5.74, 6) is -0.546.